The van der Waals surface area contributed by atoms with Gasteiger partial charge >= 0.3 is 0 Å². The maximum atomic E-state index is 14.1. The van der Waals surface area contributed by atoms with E-state index < -0.39 is 27.0 Å². The summed E-state index contributed by atoms with van der Waals surface area (Å²) in [5, 5.41) is 14.0. The van der Waals surface area contributed by atoms with Crippen LogP contribution in [0.4, 0.5) is 0 Å². The molecule has 0 saturated heterocycles. The first-order valence-electron chi connectivity index (χ1n) is 17.8. The van der Waals surface area contributed by atoms with Crippen molar-refractivity contribution < 1.29 is 28.4 Å². The number of carbonyl (C=O) groups excluding carboxylic acids is 2. The Kier molecular flexibility index (Phi) is 11.1. The number of allylic oxidation sites excluding steroid dienone is 3. The molecule has 5 aliphatic rings. The molecule has 2 saturated carbocycles. The predicted molar refractivity (Wildman–Crippen MR) is 191 cm³/mol. The highest BCUT2D eigenvalue weighted by molar-refractivity contribution is 7.76. The van der Waals surface area contributed by atoms with E-state index in [4.69, 9.17) is 21.1 Å². The smallest absolute Gasteiger partial charge is 0.250 e. The van der Waals surface area contributed by atoms with Gasteiger partial charge in [-0.2, -0.15) is 10.6 Å². The van der Waals surface area contributed by atoms with E-state index in [1.54, 1.807) is 27.0 Å². The monoisotopic (exact) mass is 712 g/mol. The fourth-order valence-corrected chi connectivity index (χ4v) is 9.37. The van der Waals surface area contributed by atoms with Crippen molar-refractivity contribution in [3.8, 4) is 0 Å². The molecule has 1 aromatic rings. The number of benzene rings is 1. The lowest BCUT2D eigenvalue weighted by Crippen LogP contribution is -2.57. The SMILES string of the molecule is CO[C@H]1/C=C/C[C@H](C)[C@](C)(NC(=O)C2CC(C)(O)C2)[S-](=O)=NC(=O)C2=CC=C3OCCCCc4cc(Cl)ccc4CN(C[C@@H]4CC[C@H]41)C3C2. The van der Waals surface area contributed by atoms with Crippen molar-refractivity contribution in [3.05, 3.63) is 70.0 Å². The summed E-state index contributed by atoms with van der Waals surface area (Å²) in [7, 11) is -0.338. The van der Waals surface area contributed by atoms with E-state index in [0.717, 1.165) is 49.4 Å². The molecule has 1 aromatic carbocycles. The molecule has 2 bridgehead atoms. The average molecular weight is 713 g/mol. The molecule has 2 heterocycles. The summed E-state index contributed by atoms with van der Waals surface area (Å²) in [6, 6.07) is 5.95. The maximum absolute atomic E-state index is 14.1. The topological polar surface area (TPSA) is 118 Å². The van der Waals surface area contributed by atoms with Crippen LogP contribution in [-0.4, -0.2) is 64.7 Å². The first kappa shape index (κ1) is 36.3. The zero-order chi connectivity index (χ0) is 34.9. The quantitative estimate of drug-likeness (QED) is 0.276. The molecular weight excluding hydrogens is 662 g/mol. The summed E-state index contributed by atoms with van der Waals surface area (Å²) in [6.45, 7) is 7.41. The lowest BCUT2D eigenvalue weighted by atomic mass is 9.69. The van der Waals surface area contributed by atoms with Crippen molar-refractivity contribution in [3.63, 3.8) is 0 Å². The molecule has 2 aliphatic heterocycles. The number of nitrogens with one attached hydrogen (secondary N) is 1. The summed E-state index contributed by atoms with van der Waals surface area (Å²) >= 11 is 6.46. The van der Waals surface area contributed by atoms with Crippen LogP contribution in [0.15, 0.2) is 58.2 Å². The Morgan fingerprint density at radius 1 is 1.18 bits per heavy atom. The molecule has 2 N–H and O–H groups in total. The minimum atomic E-state index is -2.09. The number of hydrogen-bond acceptors (Lipinski definition) is 8. The van der Waals surface area contributed by atoms with Gasteiger partial charge in [0.2, 0.25) is 11.8 Å². The van der Waals surface area contributed by atoms with Gasteiger partial charge in [-0.1, -0.05) is 49.7 Å². The summed E-state index contributed by atoms with van der Waals surface area (Å²) in [5.41, 5.74) is 2.04. The molecule has 0 aromatic heterocycles. The van der Waals surface area contributed by atoms with Crippen LogP contribution < -0.4 is 5.32 Å². The molecule has 0 radical (unpaired) electrons. The van der Waals surface area contributed by atoms with Gasteiger partial charge in [-0.3, -0.25) is 14.5 Å². The lowest BCUT2D eigenvalue weighted by Gasteiger charge is -2.46. The van der Waals surface area contributed by atoms with Crippen LogP contribution in [0.3, 0.4) is 0 Å². The van der Waals surface area contributed by atoms with Gasteiger partial charge in [0.05, 0.1) is 24.4 Å². The van der Waals surface area contributed by atoms with Crippen molar-refractivity contribution in [1.29, 1.82) is 0 Å². The minimum absolute atomic E-state index is 0.0863. The van der Waals surface area contributed by atoms with Gasteiger partial charge in [-0.05, 0) is 105 Å². The van der Waals surface area contributed by atoms with Gasteiger partial charge in [0.25, 0.3) is 0 Å². The number of carbonyl (C=O) groups is 2. The molecule has 11 heteroatoms. The minimum Gasteiger partial charge on any atom is -0.496 e. The van der Waals surface area contributed by atoms with Crippen molar-refractivity contribution in [2.45, 2.75) is 108 Å². The van der Waals surface area contributed by atoms with E-state index in [2.05, 4.69) is 38.9 Å². The highest BCUT2D eigenvalue weighted by atomic mass is 35.5. The molecule has 2 amide bonds. The van der Waals surface area contributed by atoms with Crippen LogP contribution in [0, 0.1) is 23.7 Å². The van der Waals surface area contributed by atoms with E-state index in [9.17, 15) is 18.9 Å². The van der Waals surface area contributed by atoms with Crippen LogP contribution in [-0.2, 0) is 46.8 Å². The van der Waals surface area contributed by atoms with E-state index >= 15 is 0 Å². The molecule has 1 unspecified atom stereocenters. The van der Waals surface area contributed by atoms with Crippen LogP contribution in [0.25, 0.3) is 0 Å². The Morgan fingerprint density at radius 3 is 2.69 bits per heavy atom. The number of fused-ring (bicyclic) bond motifs is 3. The van der Waals surface area contributed by atoms with Gasteiger partial charge < -0.3 is 28.5 Å². The summed E-state index contributed by atoms with van der Waals surface area (Å²) in [4.78, 5) is 28.4. The molecular formula is C38H51ClN3O6S-. The highest BCUT2D eigenvalue weighted by Gasteiger charge is 2.44. The number of ether oxygens (including phenoxy) is 2. The lowest BCUT2D eigenvalue weighted by molar-refractivity contribution is -0.140. The second-order valence-corrected chi connectivity index (χ2v) is 17.2. The number of rotatable bonds is 3. The van der Waals surface area contributed by atoms with Gasteiger partial charge in [0.15, 0.2) is 0 Å². The van der Waals surface area contributed by atoms with Crippen LogP contribution in [0.5, 0.6) is 0 Å². The largest absolute Gasteiger partial charge is 0.496 e. The molecule has 3 aliphatic carbocycles. The Balaban J connectivity index is 1.38. The number of aliphatic hydroxyl groups is 1. The molecule has 49 heavy (non-hydrogen) atoms. The first-order chi connectivity index (χ1) is 23.4. The highest BCUT2D eigenvalue weighted by Crippen LogP contribution is 2.42. The van der Waals surface area contributed by atoms with E-state index in [1.165, 1.54) is 11.1 Å². The number of hydrogen-bond donors (Lipinski definition) is 2. The van der Waals surface area contributed by atoms with Crippen LogP contribution >= 0.6 is 11.6 Å². The van der Waals surface area contributed by atoms with E-state index in [-0.39, 0.29) is 29.9 Å². The Bertz CT molecular complexity index is 1610. The number of nitrogens with zero attached hydrogens (tertiary/aromatic N) is 2. The van der Waals surface area contributed by atoms with Gasteiger partial charge in [0, 0.05) is 48.0 Å². The molecule has 6 atom stereocenters. The van der Waals surface area contributed by atoms with Crippen molar-refractivity contribution in [2.24, 2.45) is 28.0 Å². The summed E-state index contributed by atoms with van der Waals surface area (Å²) in [5.74, 6) is 0.00867. The Morgan fingerprint density at radius 2 is 1.98 bits per heavy atom. The van der Waals surface area contributed by atoms with E-state index in [1.807, 2.05) is 19.1 Å². The van der Waals surface area contributed by atoms with Crippen LogP contribution in [0.1, 0.15) is 83.3 Å². The fraction of sp³-hybridized carbons (Fsp3) is 0.632. The van der Waals surface area contributed by atoms with Crippen molar-refractivity contribution >= 4 is 34.0 Å². The molecule has 9 nitrogen and oxygen atoms in total. The number of methoxy groups -OCH3 is 1. The third-order valence-corrected chi connectivity index (χ3v) is 13.4. The summed E-state index contributed by atoms with van der Waals surface area (Å²) < 4.78 is 30.9. The third-order valence-electron chi connectivity index (χ3n) is 11.6. The fourth-order valence-electron chi connectivity index (χ4n) is 8.09. The van der Waals surface area contributed by atoms with Crippen molar-refractivity contribution in [1.82, 2.24) is 10.2 Å². The Hall–Kier alpha value is -2.50. The number of aryl methyl sites for hydroxylation is 1. The molecule has 268 valence electrons. The predicted octanol–water partition coefficient (Wildman–Crippen LogP) is 6.38. The standard InChI is InChI=1S/C38H51ClN3O6S/c1-24-8-7-10-33(47-4)31-15-12-28(31)23-42-22-27-11-14-30(39)18-25(27)9-5-6-17-48-34-16-13-26(19-32(34)42)36(44)41-49(46)38(24,3)40-35(43)29-20-37(2,45)21-29/h7,10-11,13-14,16,18,24,28-29,31-33,45H,5-6,8-9,12,15,17,19-23H2,1-4H3,(H,40,43)/q-1/b10-7+/t24-,28-,29?,31+,32?,33-,37?,38+/m0/s1. The second-order valence-electron chi connectivity index (χ2n) is 15.2. The second kappa shape index (κ2) is 15.0. The van der Waals surface area contributed by atoms with Crippen LogP contribution in [0.2, 0.25) is 5.02 Å². The maximum Gasteiger partial charge on any atom is 0.250 e. The number of amides is 2. The summed E-state index contributed by atoms with van der Waals surface area (Å²) in [6.07, 6.45) is 14.2. The molecule has 2 fully saturated rings. The normalized spacial score (nSPS) is 36.8. The zero-order valence-corrected chi connectivity index (χ0v) is 30.7. The van der Waals surface area contributed by atoms with Gasteiger partial charge in [-0.15, -0.1) is 0 Å². The zero-order valence-electron chi connectivity index (χ0n) is 29.2. The van der Waals surface area contributed by atoms with Gasteiger partial charge in [0.1, 0.15) is 5.76 Å². The molecule has 0 spiro atoms. The third kappa shape index (κ3) is 8.04. The average Bonchev–Trinajstić information content (AvgIpc) is 3.07. The number of halogens is 1. The van der Waals surface area contributed by atoms with Gasteiger partial charge in [-0.25, -0.2) is 0 Å². The van der Waals surface area contributed by atoms with E-state index in [0.29, 0.717) is 56.2 Å². The van der Waals surface area contributed by atoms with Crippen molar-refractivity contribution in [2.75, 3.05) is 20.3 Å². The molecule has 6 rings (SSSR count). The Labute approximate surface area is 297 Å². The first-order valence-corrected chi connectivity index (χ1v) is 19.3.